The summed E-state index contributed by atoms with van der Waals surface area (Å²) in [6.45, 7) is 1.70. The van der Waals surface area contributed by atoms with Gasteiger partial charge in [-0.2, -0.15) is 0 Å². The number of rotatable bonds is 4. The maximum Gasteiger partial charge on any atom is 0.338 e. The van der Waals surface area contributed by atoms with Gasteiger partial charge in [-0.15, -0.1) is 0 Å². The van der Waals surface area contributed by atoms with Crippen LogP contribution in [0.2, 0.25) is 0 Å². The van der Waals surface area contributed by atoms with E-state index in [1.165, 1.54) is 18.2 Å². The second-order valence-corrected chi connectivity index (χ2v) is 5.60. The third-order valence-corrected chi connectivity index (χ3v) is 3.73. The highest BCUT2D eigenvalue weighted by atomic mass is 16.6. The minimum atomic E-state index is -0.730. The van der Waals surface area contributed by atoms with Gasteiger partial charge in [0.1, 0.15) is 6.61 Å². The van der Waals surface area contributed by atoms with Crippen molar-refractivity contribution in [3.8, 4) is 0 Å². The number of hydrogen-bond acceptors (Lipinski definition) is 5. The monoisotopic (exact) mass is 338 g/mol. The molecular weight excluding hydrogens is 324 g/mol. The van der Waals surface area contributed by atoms with E-state index in [4.69, 9.17) is 4.74 Å². The summed E-state index contributed by atoms with van der Waals surface area (Å²) in [5.41, 5.74) is 1.54. The highest BCUT2D eigenvalue weighted by molar-refractivity contribution is 5.90. The summed E-state index contributed by atoms with van der Waals surface area (Å²) >= 11 is 0. The van der Waals surface area contributed by atoms with Gasteiger partial charge in [0.15, 0.2) is 0 Å². The van der Waals surface area contributed by atoms with Gasteiger partial charge in [-0.3, -0.25) is 14.9 Å². The molecule has 0 aliphatic heterocycles. The number of aromatic amines is 1. The number of H-pyrrole nitrogens is 1. The lowest BCUT2D eigenvalue weighted by atomic mass is 10.1. The van der Waals surface area contributed by atoms with Crippen molar-refractivity contribution in [2.45, 2.75) is 13.5 Å². The highest BCUT2D eigenvalue weighted by Gasteiger charge is 2.13. The van der Waals surface area contributed by atoms with Crippen molar-refractivity contribution >= 4 is 22.6 Å². The first-order chi connectivity index (χ1) is 11.9. The number of nitrogens with zero attached hydrogens (tertiary/aromatic N) is 1. The molecule has 2 aromatic carbocycles. The molecule has 3 aromatic rings. The van der Waals surface area contributed by atoms with Gasteiger partial charge in [-0.1, -0.05) is 18.2 Å². The van der Waals surface area contributed by atoms with E-state index in [0.29, 0.717) is 11.1 Å². The summed E-state index contributed by atoms with van der Waals surface area (Å²) in [6, 6.07) is 12.5. The van der Waals surface area contributed by atoms with E-state index >= 15 is 0 Å². The van der Waals surface area contributed by atoms with Crippen LogP contribution >= 0.6 is 0 Å². The molecule has 1 heterocycles. The summed E-state index contributed by atoms with van der Waals surface area (Å²) in [4.78, 5) is 37.1. The van der Waals surface area contributed by atoms with Crippen molar-refractivity contribution in [3.63, 3.8) is 0 Å². The van der Waals surface area contributed by atoms with Crippen LogP contribution in [-0.2, 0) is 11.3 Å². The number of nitro groups is 1. The quantitative estimate of drug-likeness (QED) is 0.447. The van der Waals surface area contributed by atoms with Crippen LogP contribution in [0.15, 0.2) is 53.3 Å². The third kappa shape index (κ3) is 3.55. The van der Waals surface area contributed by atoms with Gasteiger partial charge < -0.3 is 9.72 Å². The first kappa shape index (κ1) is 16.4. The predicted octanol–water partition coefficient (Wildman–Crippen LogP) is 3.10. The second kappa shape index (κ2) is 6.56. The first-order valence-corrected chi connectivity index (χ1v) is 7.48. The summed E-state index contributed by atoms with van der Waals surface area (Å²) < 4.78 is 5.12. The molecule has 0 amide bonds. The number of aromatic nitrogens is 1. The third-order valence-electron chi connectivity index (χ3n) is 3.73. The smallest absolute Gasteiger partial charge is 0.338 e. The van der Waals surface area contributed by atoms with E-state index in [0.717, 1.165) is 17.0 Å². The molecule has 0 aliphatic carbocycles. The standard InChI is InChI=1S/C18H14N2O5/c1-11-5-6-12-8-14(17(21)19-16(12)7-11)10-25-18(22)13-3-2-4-15(9-13)20(23)24/h2-9H,10H2,1H3,(H,19,21). The lowest BCUT2D eigenvalue weighted by molar-refractivity contribution is -0.384. The zero-order chi connectivity index (χ0) is 18.0. The normalized spacial score (nSPS) is 10.6. The SMILES string of the molecule is Cc1ccc2cc(COC(=O)c3cccc([N+](=O)[O-])c3)c(=O)[nH]c2c1. The Hall–Kier alpha value is -3.48. The summed E-state index contributed by atoms with van der Waals surface area (Å²) in [5.74, 6) is -0.730. The van der Waals surface area contributed by atoms with E-state index in [2.05, 4.69) is 4.98 Å². The van der Waals surface area contributed by atoms with Gasteiger partial charge in [0.2, 0.25) is 0 Å². The lowest BCUT2D eigenvalue weighted by Crippen LogP contribution is -2.15. The molecule has 7 heteroatoms. The Morgan fingerprint density at radius 3 is 2.76 bits per heavy atom. The van der Waals surface area contributed by atoms with E-state index in [-0.39, 0.29) is 23.4 Å². The van der Waals surface area contributed by atoms with Crippen molar-refractivity contribution < 1.29 is 14.5 Å². The average molecular weight is 338 g/mol. The van der Waals surface area contributed by atoms with Crippen LogP contribution in [0.25, 0.3) is 10.9 Å². The number of nitro benzene ring substituents is 1. The van der Waals surface area contributed by atoms with Crippen molar-refractivity contribution in [1.82, 2.24) is 4.98 Å². The molecule has 0 atom stereocenters. The molecule has 0 saturated heterocycles. The van der Waals surface area contributed by atoms with Gasteiger partial charge >= 0.3 is 5.97 Å². The van der Waals surface area contributed by atoms with Crippen LogP contribution in [0.1, 0.15) is 21.5 Å². The molecule has 0 unspecified atom stereocenters. The van der Waals surface area contributed by atoms with E-state index in [9.17, 15) is 19.7 Å². The number of fused-ring (bicyclic) bond motifs is 1. The highest BCUT2D eigenvalue weighted by Crippen LogP contribution is 2.16. The maximum absolute atomic E-state index is 12.1. The number of nitrogens with one attached hydrogen (secondary N) is 1. The Balaban J connectivity index is 1.80. The topological polar surface area (TPSA) is 102 Å². The number of ether oxygens (including phenoxy) is 1. The molecule has 7 nitrogen and oxygen atoms in total. The lowest BCUT2D eigenvalue weighted by Gasteiger charge is -2.06. The molecule has 1 aromatic heterocycles. The second-order valence-electron chi connectivity index (χ2n) is 5.60. The maximum atomic E-state index is 12.1. The number of hydrogen-bond donors (Lipinski definition) is 1. The number of aryl methyl sites for hydroxylation is 1. The van der Waals surface area contributed by atoms with Crippen LogP contribution in [0.4, 0.5) is 5.69 Å². The van der Waals surface area contributed by atoms with Crippen molar-refractivity contribution in [2.24, 2.45) is 0 Å². The number of pyridine rings is 1. The van der Waals surface area contributed by atoms with E-state index in [1.807, 2.05) is 25.1 Å². The minimum absolute atomic E-state index is 0.0574. The van der Waals surface area contributed by atoms with Crippen molar-refractivity contribution in [3.05, 3.63) is 85.7 Å². The number of carbonyl (C=O) groups excluding carboxylic acids is 1. The van der Waals surface area contributed by atoms with Crippen molar-refractivity contribution in [1.29, 1.82) is 0 Å². The molecule has 0 saturated carbocycles. The molecule has 0 spiro atoms. The fourth-order valence-corrected chi connectivity index (χ4v) is 2.44. The number of esters is 1. The van der Waals surface area contributed by atoms with Gasteiger partial charge in [0, 0.05) is 17.6 Å². The Morgan fingerprint density at radius 2 is 2.00 bits per heavy atom. The summed E-state index contributed by atoms with van der Waals surface area (Å²) in [5, 5.41) is 11.6. The van der Waals surface area contributed by atoms with Crippen LogP contribution in [0.5, 0.6) is 0 Å². The molecule has 25 heavy (non-hydrogen) atoms. The first-order valence-electron chi connectivity index (χ1n) is 7.48. The summed E-state index contributed by atoms with van der Waals surface area (Å²) in [6.07, 6.45) is 0. The van der Waals surface area contributed by atoms with Crippen LogP contribution < -0.4 is 5.56 Å². The molecule has 0 bridgehead atoms. The largest absolute Gasteiger partial charge is 0.457 e. The van der Waals surface area contributed by atoms with Crippen LogP contribution in [-0.4, -0.2) is 15.9 Å². The zero-order valence-electron chi connectivity index (χ0n) is 13.3. The molecule has 1 N–H and O–H groups in total. The number of carbonyl (C=O) groups is 1. The Morgan fingerprint density at radius 1 is 1.20 bits per heavy atom. The fraction of sp³-hybridized carbons (Fsp3) is 0.111. The van der Waals surface area contributed by atoms with Crippen molar-refractivity contribution in [2.75, 3.05) is 0 Å². The molecule has 3 rings (SSSR count). The Labute approximate surface area is 142 Å². The van der Waals surface area contributed by atoms with Gasteiger partial charge in [-0.05, 0) is 36.1 Å². The summed E-state index contributed by atoms with van der Waals surface area (Å²) in [7, 11) is 0. The van der Waals surface area contributed by atoms with Crippen LogP contribution in [0, 0.1) is 17.0 Å². The molecule has 0 radical (unpaired) electrons. The van der Waals surface area contributed by atoms with Gasteiger partial charge in [0.05, 0.1) is 16.1 Å². The average Bonchev–Trinajstić information content (AvgIpc) is 2.59. The molecule has 0 fully saturated rings. The van der Waals surface area contributed by atoms with E-state index < -0.39 is 10.9 Å². The Bertz CT molecular complexity index is 1040. The molecule has 0 aliphatic rings. The minimum Gasteiger partial charge on any atom is -0.457 e. The van der Waals surface area contributed by atoms with Crippen LogP contribution in [0.3, 0.4) is 0 Å². The molecular formula is C18H14N2O5. The van der Waals surface area contributed by atoms with Gasteiger partial charge in [0.25, 0.3) is 11.2 Å². The molecule has 126 valence electrons. The van der Waals surface area contributed by atoms with Gasteiger partial charge in [-0.25, -0.2) is 4.79 Å². The number of benzene rings is 2. The van der Waals surface area contributed by atoms with E-state index in [1.54, 1.807) is 6.07 Å². The zero-order valence-corrected chi connectivity index (χ0v) is 13.3. The predicted molar refractivity (Wildman–Crippen MR) is 91.5 cm³/mol. The number of non-ortho nitro benzene ring substituents is 1. The Kier molecular flexibility index (Phi) is 4.30. The fourth-order valence-electron chi connectivity index (χ4n) is 2.44.